The molecule has 144 valence electrons. The predicted octanol–water partition coefficient (Wildman–Crippen LogP) is 1.79. The second kappa shape index (κ2) is 8.07. The third-order valence-corrected chi connectivity index (χ3v) is 6.20. The molecular weight excluding hydrogens is 336 g/mol. The summed E-state index contributed by atoms with van der Waals surface area (Å²) in [4.78, 5) is 11.5. The van der Waals surface area contributed by atoms with E-state index in [1.807, 2.05) is 30.6 Å². The van der Waals surface area contributed by atoms with Crippen molar-refractivity contribution in [3.63, 3.8) is 0 Å². The highest BCUT2D eigenvalue weighted by atomic mass is 16.3. The van der Waals surface area contributed by atoms with Gasteiger partial charge in [0.15, 0.2) is 0 Å². The van der Waals surface area contributed by atoms with Crippen LogP contribution < -0.4 is 0 Å². The Kier molecular flexibility index (Phi) is 5.55. The molecule has 0 radical (unpaired) electrons. The molecule has 0 bridgehead atoms. The number of aromatic nitrogens is 1. The number of benzene rings is 1. The van der Waals surface area contributed by atoms with Crippen LogP contribution in [0.5, 0.6) is 0 Å². The largest absolute Gasteiger partial charge is 0.383 e. The molecule has 0 saturated carbocycles. The lowest BCUT2D eigenvalue weighted by molar-refractivity contribution is -0.108. The van der Waals surface area contributed by atoms with Crippen LogP contribution in [-0.4, -0.2) is 77.1 Å². The zero-order valence-electron chi connectivity index (χ0n) is 16.2. The van der Waals surface area contributed by atoms with Crippen molar-refractivity contribution in [2.24, 2.45) is 0 Å². The predicted molar refractivity (Wildman–Crippen MR) is 107 cm³/mol. The van der Waals surface area contributed by atoms with Crippen LogP contribution in [0.25, 0.3) is 0 Å². The number of hydrogen-bond acceptors (Lipinski definition) is 5. The number of piperidine rings is 1. The van der Waals surface area contributed by atoms with Crippen LogP contribution in [0.4, 0.5) is 0 Å². The Morgan fingerprint density at radius 1 is 1.00 bits per heavy atom. The molecule has 0 spiro atoms. The lowest BCUT2D eigenvalue weighted by Crippen LogP contribution is -2.63. The summed E-state index contributed by atoms with van der Waals surface area (Å²) in [6.45, 7) is 6.85. The van der Waals surface area contributed by atoms with Crippen LogP contribution in [0, 0.1) is 0 Å². The first-order chi connectivity index (χ1) is 13.1. The molecule has 1 aromatic heterocycles. The van der Waals surface area contributed by atoms with E-state index in [-0.39, 0.29) is 6.04 Å². The number of aliphatic hydroxyl groups is 1. The summed E-state index contributed by atoms with van der Waals surface area (Å²) in [5.74, 6) is 0. The summed E-state index contributed by atoms with van der Waals surface area (Å²) in [6, 6.07) is 14.6. The van der Waals surface area contributed by atoms with Gasteiger partial charge in [0.2, 0.25) is 0 Å². The molecule has 2 aromatic rings. The van der Waals surface area contributed by atoms with Gasteiger partial charge >= 0.3 is 0 Å². The van der Waals surface area contributed by atoms with Gasteiger partial charge < -0.3 is 10.0 Å². The molecule has 2 saturated heterocycles. The molecule has 2 aliphatic heterocycles. The van der Waals surface area contributed by atoms with Gasteiger partial charge in [0.1, 0.15) is 5.60 Å². The van der Waals surface area contributed by atoms with Crippen LogP contribution in [0.1, 0.15) is 17.5 Å². The van der Waals surface area contributed by atoms with E-state index in [0.717, 1.165) is 57.8 Å². The molecule has 4 rings (SSSR count). The first-order valence-corrected chi connectivity index (χ1v) is 9.97. The normalized spacial score (nSPS) is 28.3. The van der Waals surface area contributed by atoms with Crippen LogP contribution in [0.3, 0.4) is 0 Å². The number of nitrogens with zero attached hydrogens (tertiary/aromatic N) is 4. The highest BCUT2D eigenvalue weighted by Crippen LogP contribution is 2.36. The Morgan fingerprint density at radius 2 is 1.70 bits per heavy atom. The van der Waals surface area contributed by atoms with Gasteiger partial charge in [-0.3, -0.25) is 14.8 Å². The fourth-order valence-electron chi connectivity index (χ4n) is 4.49. The van der Waals surface area contributed by atoms with Gasteiger partial charge in [-0.2, -0.15) is 0 Å². The molecule has 1 N–H and O–H groups in total. The molecule has 0 aliphatic carbocycles. The summed E-state index contributed by atoms with van der Waals surface area (Å²) < 4.78 is 0. The minimum atomic E-state index is -0.786. The van der Waals surface area contributed by atoms with E-state index in [4.69, 9.17) is 0 Å². The number of piperazine rings is 1. The maximum absolute atomic E-state index is 11.8. The van der Waals surface area contributed by atoms with Gasteiger partial charge in [0.05, 0.1) is 6.04 Å². The molecule has 0 amide bonds. The zero-order chi connectivity index (χ0) is 18.7. The average Bonchev–Trinajstić information content (AvgIpc) is 2.72. The highest BCUT2D eigenvalue weighted by molar-refractivity contribution is 5.26. The summed E-state index contributed by atoms with van der Waals surface area (Å²) in [5, 5.41) is 11.8. The molecule has 27 heavy (non-hydrogen) atoms. The molecule has 2 atom stereocenters. The van der Waals surface area contributed by atoms with Gasteiger partial charge in [-0.1, -0.05) is 30.3 Å². The SMILES string of the molecule is CN1CCN([C@@H]2CN(Cc3ccncc3)CC[C@]2(O)c2ccccc2)CC1. The molecule has 5 heteroatoms. The molecule has 0 unspecified atom stereocenters. The highest BCUT2D eigenvalue weighted by Gasteiger charge is 2.46. The Labute approximate surface area is 162 Å². The van der Waals surface area contributed by atoms with E-state index < -0.39 is 5.60 Å². The van der Waals surface area contributed by atoms with Crippen LogP contribution in [-0.2, 0) is 12.1 Å². The van der Waals surface area contributed by atoms with Gasteiger partial charge in [0, 0.05) is 58.2 Å². The van der Waals surface area contributed by atoms with Crippen molar-refractivity contribution in [1.82, 2.24) is 19.7 Å². The van der Waals surface area contributed by atoms with Gasteiger partial charge in [-0.25, -0.2) is 0 Å². The number of hydrogen-bond donors (Lipinski definition) is 1. The number of pyridine rings is 1. The van der Waals surface area contributed by atoms with Gasteiger partial charge in [-0.15, -0.1) is 0 Å². The topological polar surface area (TPSA) is 42.8 Å². The molecule has 2 fully saturated rings. The van der Waals surface area contributed by atoms with E-state index in [1.54, 1.807) is 0 Å². The fraction of sp³-hybridized carbons (Fsp3) is 0.500. The molecule has 3 heterocycles. The van der Waals surface area contributed by atoms with Crippen LogP contribution in [0.15, 0.2) is 54.9 Å². The van der Waals surface area contributed by atoms with E-state index in [0.29, 0.717) is 0 Å². The Balaban J connectivity index is 1.57. The third kappa shape index (κ3) is 4.06. The Hall–Kier alpha value is -1.79. The lowest BCUT2D eigenvalue weighted by atomic mass is 9.79. The van der Waals surface area contributed by atoms with Crippen molar-refractivity contribution in [3.8, 4) is 0 Å². The minimum absolute atomic E-state index is 0.115. The van der Waals surface area contributed by atoms with E-state index in [1.165, 1.54) is 5.56 Å². The van der Waals surface area contributed by atoms with E-state index in [9.17, 15) is 5.11 Å². The minimum Gasteiger partial charge on any atom is -0.383 e. The van der Waals surface area contributed by atoms with E-state index in [2.05, 4.69) is 51.0 Å². The van der Waals surface area contributed by atoms with Crippen molar-refractivity contribution in [3.05, 3.63) is 66.0 Å². The van der Waals surface area contributed by atoms with Crippen molar-refractivity contribution in [2.45, 2.75) is 24.6 Å². The number of rotatable bonds is 4. The maximum atomic E-state index is 11.8. The second-order valence-corrected chi connectivity index (χ2v) is 7.99. The summed E-state index contributed by atoms with van der Waals surface area (Å²) in [5.41, 5.74) is 1.55. The fourth-order valence-corrected chi connectivity index (χ4v) is 4.49. The zero-order valence-corrected chi connectivity index (χ0v) is 16.2. The smallest absolute Gasteiger partial charge is 0.108 e. The number of likely N-dealkylation sites (N-methyl/N-ethyl adjacent to an activating group) is 1. The Morgan fingerprint density at radius 3 is 2.41 bits per heavy atom. The first kappa shape index (κ1) is 18.6. The third-order valence-electron chi connectivity index (χ3n) is 6.20. The quantitative estimate of drug-likeness (QED) is 0.894. The van der Waals surface area contributed by atoms with Crippen LogP contribution in [0.2, 0.25) is 0 Å². The average molecular weight is 367 g/mol. The van der Waals surface area contributed by atoms with Crippen LogP contribution >= 0.6 is 0 Å². The van der Waals surface area contributed by atoms with Crippen molar-refractivity contribution >= 4 is 0 Å². The van der Waals surface area contributed by atoms with Crippen molar-refractivity contribution in [2.75, 3.05) is 46.3 Å². The van der Waals surface area contributed by atoms with Gasteiger partial charge in [0.25, 0.3) is 0 Å². The summed E-state index contributed by atoms with van der Waals surface area (Å²) in [7, 11) is 2.18. The second-order valence-electron chi connectivity index (χ2n) is 7.99. The molecule has 1 aromatic carbocycles. The lowest BCUT2D eigenvalue weighted by Gasteiger charge is -2.51. The van der Waals surface area contributed by atoms with Crippen molar-refractivity contribution < 1.29 is 5.11 Å². The first-order valence-electron chi connectivity index (χ1n) is 9.97. The molecular formula is C22H30N4O. The maximum Gasteiger partial charge on any atom is 0.108 e. The summed E-state index contributed by atoms with van der Waals surface area (Å²) in [6.07, 6.45) is 4.48. The number of likely N-dealkylation sites (tertiary alicyclic amines) is 1. The standard InChI is InChI=1S/C22H30N4O/c1-24-13-15-26(16-14-24)21-18-25(17-19-7-10-23-11-8-19)12-9-22(21,27)20-5-3-2-4-6-20/h2-8,10-11,21,27H,9,12-18H2,1H3/t21-,22+/m1/s1. The molecule has 2 aliphatic rings. The van der Waals surface area contributed by atoms with E-state index >= 15 is 0 Å². The van der Waals surface area contributed by atoms with Crippen molar-refractivity contribution in [1.29, 1.82) is 0 Å². The molecule has 5 nitrogen and oxygen atoms in total. The monoisotopic (exact) mass is 366 g/mol. The summed E-state index contributed by atoms with van der Waals surface area (Å²) >= 11 is 0. The van der Waals surface area contributed by atoms with Gasteiger partial charge in [-0.05, 0) is 36.7 Å². The Bertz CT molecular complexity index is 718.